The van der Waals surface area contributed by atoms with Gasteiger partial charge in [0.05, 0.1) is 6.04 Å². The molecule has 0 aromatic carbocycles. The second kappa shape index (κ2) is 7.34. The van der Waals surface area contributed by atoms with Gasteiger partial charge in [0.25, 0.3) is 0 Å². The lowest BCUT2D eigenvalue weighted by atomic mass is 10.2. The molecule has 2 fully saturated rings. The van der Waals surface area contributed by atoms with E-state index in [9.17, 15) is 4.79 Å². The van der Waals surface area contributed by atoms with Crippen molar-refractivity contribution in [3.05, 3.63) is 12.4 Å². The summed E-state index contributed by atoms with van der Waals surface area (Å²) in [4.78, 5) is 30.3. The molecule has 132 valence electrons. The summed E-state index contributed by atoms with van der Waals surface area (Å²) in [5.74, 6) is 2.09. The van der Waals surface area contributed by atoms with Crippen LogP contribution >= 0.6 is 0 Å². The molecule has 2 saturated heterocycles. The number of likely N-dealkylation sites (N-methyl/N-ethyl adjacent to an activating group) is 1. The Kier molecular flexibility index (Phi) is 5.18. The lowest BCUT2D eigenvalue weighted by Crippen LogP contribution is -2.45. The molecular weight excluding hydrogens is 304 g/mol. The number of rotatable bonds is 3. The van der Waals surface area contributed by atoms with E-state index in [0.29, 0.717) is 5.91 Å². The van der Waals surface area contributed by atoms with E-state index in [0.717, 1.165) is 63.6 Å². The minimum Gasteiger partial charge on any atom is -0.360 e. The van der Waals surface area contributed by atoms with Crippen LogP contribution in [0, 0.1) is 0 Å². The van der Waals surface area contributed by atoms with Gasteiger partial charge < -0.3 is 14.7 Å². The number of amides is 1. The molecule has 1 atom stereocenters. The average molecular weight is 332 g/mol. The number of hydrogen-bond donors (Lipinski definition) is 0. The van der Waals surface area contributed by atoms with E-state index in [4.69, 9.17) is 0 Å². The van der Waals surface area contributed by atoms with Crippen LogP contribution < -0.4 is 9.80 Å². The first kappa shape index (κ1) is 17.0. The van der Waals surface area contributed by atoms with Crippen LogP contribution in [0.1, 0.15) is 19.3 Å². The topological polar surface area (TPSA) is 55.8 Å². The molecule has 1 aromatic heterocycles. The van der Waals surface area contributed by atoms with Crippen LogP contribution in [0.4, 0.5) is 11.6 Å². The van der Waals surface area contributed by atoms with Crippen molar-refractivity contribution in [2.24, 2.45) is 0 Å². The van der Waals surface area contributed by atoms with Gasteiger partial charge in [-0.2, -0.15) is 0 Å². The number of aromatic nitrogens is 2. The molecule has 1 aromatic rings. The Hall–Kier alpha value is -1.89. The predicted octanol–water partition coefficient (Wildman–Crippen LogP) is 0.676. The molecule has 3 heterocycles. The predicted molar refractivity (Wildman–Crippen MR) is 95.4 cm³/mol. The van der Waals surface area contributed by atoms with E-state index in [1.54, 1.807) is 12.4 Å². The second-order valence-corrected chi connectivity index (χ2v) is 6.90. The lowest BCUT2D eigenvalue weighted by molar-refractivity contribution is -0.135. The molecule has 0 radical (unpaired) electrons. The highest BCUT2D eigenvalue weighted by molar-refractivity contribution is 5.82. The summed E-state index contributed by atoms with van der Waals surface area (Å²) in [5.41, 5.74) is 0. The van der Waals surface area contributed by atoms with Gasteiger partial charge in [-0.1, -0.05) is 0 Å². The molecule has 7 nitrogen and oxygen atoms in total. The van der Waals surface area contributed by atoms with Gasteiger partial charge in [0.2, 0.25) is 5.91 Å². The maximum atomic E-state index is 12.8. The third-order valence-electron chi connectivity index (χ3n) is 5.00. The summed E-state index contributed by atoms with van der Waals surface area (Å²) in [6.07, 6.45) is 6.54. The van der Waals surface area contributed by atoms with Crippen LogP contribution in [0.5, 0.6) is 0 Å². The molecule has 2 aliphatic rings. The fourth-order valence-electron chi connectivity index (χ4n) is 3.64. The zero-order valence-electron chi connectivity index (χ0n) is 15.0. The Bertz CT molecular complexity index is 578. The first-order chi connectivity index (χ1) is 11.6. The van der Waals surface area contributed by atoms with E-state index in [-0.39, 0.29) is 6.04 Å². The molecule has 0 unspecified atom stereocenters. The SMILES string of the molecule is CN(C)c1nccnc1N1CCCN(C(=O)[C@@H]2CCCN2C)CC1. The summed E-state index contributed by atoms with van der Waals surface area (Å²) >= 11 is 0. The third kappa shape index (κ3) is 3.45. The van der Waals surface area contributed by atoms with Gasteiger partial charge in [-0.25, -0.2) is 9.97 Å². The minimum absolute atomic E-state index is 0.0744. The molecule has 0 saturated carbocycles. The van der Waals surface area contributed by atoms with Crippen LogP contribution in [0.2, 0.25) is 0 Å². The molecule has 0 aliphatic carbocycles. The Morgan fingerprint density at radius 2 is 1.88 bits per heavy atom. The van der Waals surface area contributed by atoms with Gasteiger partial charge in [0.15, 0.2) is 11.6 Å². The van der Waals surface area contributed by atoms with E-state index in [1.165, 1.54) is 0 Å². The number of carbonyl (C=O) groups excluding carboxylic acids is 1. The first-order valence-electron chi connectivity index (χ1n) is 8.80. The van der Waals surface area contributed by atoms with Crippen molar-refractivity contribution in [3.8, 4) is 0 Å². The summed E-state index contributed by atoms with van der Waals surface area (Å²) in [6.45, 7) is 4.33. The van der Waals surface area contributed by atoms with Crippen molar-refractivity contribution in [1.29, 1.82) is 0 Å². The van der Waals surface area contributed by atoms with Crippen LogP contribution in [-0.2, 0) is 4.79 Å². The monoisotopic (exact) mass is 332 g/mol. The van der Waals surface area contributed by atoms with Crippen molar-refractivity contribution in [2.75, 3.05) is 63.7 Å². The summed E-state index contributed by atoms with van der Waals surface area (Å²) < 4.78 is 0. The standard InChI is InChI=1S/C17H28N6O/c1-20(2)15-16(19-8-7-18-15)22-10-5-11-23(13-12-22)17(24)14-6-4-9-21(14)3/h7-8,14H,4-6,9-13H2,1-3H3/t14-/m0/s1. The number of hydrogen-bond acceptors (Lipinski definition) is 6. The minimum atomic E-state index is 0.0744. The fraction of sp³-hybridized carbons (Fsp3) is 0.706. The second-order valence-electron chi connectivity index (χ2n) is 6.90. The van der Waals surface area contributed by atoms with Crippen molar-refractivity contribution < 1.29 is 4.79 Å². The van der Waals surface area contributed by atoms with Crippen molar-refractivity contribution in [3.63, 3.8) is 0 Å². The van der Waals surface area contributed by atoms with Gasteiger partial charge in [0.1, 0.15) is 0 Å². The smallest absolute Gasteiger partial charge is 0.239 e. The first-order valence-corrected chi connectivity index (χ1v) is 8.80. The summed E-state index contributed by atoms with van der Waals surface area (Å²) in [7, 11) is 6.02. The van der Waals surface area contributed by atoms with Crippen molar-refractivity contribution in [1.82, 2.24) is 19.8 Å². The molecular formula is C17H28N6O. The quantitative estimate of drug-likeness (QED) is 0.811. The Morgan fingerprint density at radius 3 is 2.58 bits per heavy atom. The normalized spacial score (nSPS) is 22.5. The van der Waals surface area contributed by atoms with E-state index in [2.05, 4.69) is 26.8 Å². The molecule has 7 heteroatoms. The van der Waals surface area contributed by atoms with Crippen LogP contribution in [0.15, 0.2) is 12.4 Å². The maximum Gasteiger partial charge on any atom is 0.239 e. The number of nitrogens with zero attached hydrogens (tertiary/aromatic N) is 6. The highest BCUT2D eigenvalue weighted by Crippen LogP contribution is 2.24. The highest BCUT2D eigenvalue weighted by atomic mass is 16.2. The molecule has 0 bridgehead atoms. The zero-order chi connectivity index (χ0) is 17.1. The molecule has 0 N–H and O–H groups in total. The van der Waals surface area contributed by atoms with E-state index >= 15 is 0 Å². The molecule has 0 spiro atoms. The molecule has 2 aliphatic heterocycles. The third-order valence-corrected chi connectivity index (χ3v) is 5.00. The summed E-state index contributed by atoms with van der Waals surface area (Å²) in [5, 5.41) is 0. The van der Waals surface area contributed by atoms with E-state index in [1.807, 2.05) is 23.9 Å². The maximum absolute atomic E-state index is 12.8. The van der Waals surface area contributed by atoms with Gasteiger partial charge in [-0.15, -0.1) is 0 Å². The highest BCUT2D eigenvalue weighted by Gasteiger charge is 2.32. The largest absolute Gasteiger partial charge is 0.360 e. The molecule has 3 rings (SSSR count). The number of anilines is 2. The molecule has 1 amide bonds. The Balaban J connectivity index is 1.68. The van der Waals surface area contributed by atoms with Gasteiger partial charge in [-0.05, 0) is 32.9 Å². The van der Waals surface area contributed by atoms with Gasteiger partial charge in [0, 0.05) is 52.7 Å². The van der Waals surface area contributed by atoms with E-state index < -0.39 is 0 Å². The summed E-state index contributed by atoms with van der Waals surface area (Å²) in [6, 6.07) is 0.0744. The zero-order valence-corrected chi connectivity index (χ0v) is 15.0. The van der Waals surface area contributed by atoms with Crippen LogP contribution in [0.25, 0.3) is 0 Å². The fourth-order valence-corrected chi connectivity index (χ4v) is 3.64. The van der Waals surface area contributed by atoms with Crippen LogP contribution in [0.3, 0.4) is 0 Å². The number of carbonyl (C=O) groups is 1. The average Bonchev–Trinajstić information content (AvgIpc) is 2.86. The Labute approximate surface area is 144 Å². The van der Waals surface area contributed by atoms with Gasteiger partial charge >= 0.3 is 0 Å². The van der Waals surface area contributed by atoms with Crippen LogP contribution in [-0.4, -0.2) is 85.6 Å². The van der Waals surface area contributed by atoms with Crippen molar-refractivity contribution >= 4 is 17.5 Å². The Morgan fingerprint density at radius 1 is 1.08 bits per heavy atom. The molecule has 24 heavy (non-hydrogen) atoms. The number of likely N-dealkylation sites (tertiary alicyclic amines) is 1. The van der Waals surface area contributed by atoms with Gasteiger partial charge in [-0.3, -0.25) is 9.69 Å². The van der Waals surface area contributed by atoms with Crippen molar-refractivity contribution in [2.45, 2.75) is 25.3 Å². The lowest BCUT2D eigenvalue weighted by Gasteiger charge is -2.28.